The molecule has 154 valence electrons. The first-order chi connectivity index (χ1) is 14.0. The predicted octanol–water partition coefficient (Wildman–Crippen LogP) is 2.26. The number of esters is 1. The van der Waals surface area contributed by atoms with Crippen molar-refractivity contribution >= 4 is 23.5 Å². The molecule has 2 N–H and O–H groups in total. The summed E-state index contributed by atoms with van der Waals surface area (Å²) in [6, 6.07) is 13.0. The molecule has 0 radical (unpaired) electrons. The van der Waals surface area contributed by atoms with Gasteiger partial charge in [-0.2, -0.15) is 0 Å². The second-order valence-corrected chi connectivity index (χ2v) is 6.06. The number of benzene rings is 2. The standard InChI is InChI=1S/C21H24N2O6/c1-14(19(24)22-12-13-27-2)29-21(26)17-6-4-5-7-18(17)23-20(25)15-8-10-16(28-3)11-9-15/h4-11,14H,12-13H2,1-3H3,(H,22,24)(H,23,25)/t14-/m1/s1. The van der Waals surface area contributed by atoms with Crippen molar-refractivity contribution < 1.29 is 28.6 Å². The van der Waals surface area contributed by atoms with E-state index in [0.717, 1.165) is 0 Å². The molecule has 0 saturated carbocycles. The summed E-state index contributed by atoms with van der Waals surface area (Å²) in [6.07, 6.45) is -0.996. The SMILES string of the molecule is COCCNC(=O)[C@@H](C)OC(=O)c1ccccc1NC(=O)c1ccc(OC)cc1. The lowest BCUT2D eigenvalue weighted by Gasteiger charge is -2.15. The maximum Gasteiger partial charge on any atom is 0.341 e. The molecule has 0 aliphatic carbocycles. The molecule has 0 aromatic heterocycles. The molecule has 0 bridgehead atoms. The Kier molecular flexibility index (Phi) is 8.17. The molecule has 2 aromatic rings. The summed E-state index contributed by atoms with van der Waals surface area (Å²) in [5.41, 5.74) is 0.830. The number of nitrogens with one attached hydrogen (secondary N) is 2. The third-order valence-corrected chi connectivity index (χ3v) is 4.01. The van der Waals surface area contributed by atoms with Crippen LogP contribution in [0.2, 0.25) is 0 Å². The van der Waals surface area contributed by atoms with Crippen LogP contribution in [0.5, 0.6) is 5.75 Å². The van der Waals surface area contributed by atoms with E-state index in [4.69, 9.17) is 14.2 Å². The number of hydrogen-bond donors (Lipinski definition) is 2. The molecule has 0 saturated heterocycles. The molecule has 8 heteroatoms. The lowest BCUT2D eigenvalue weighted by Crippen LogP contribution is -2.37. The largest absolute Gasteiger partial charge is 0.497 e. The van der Waals surface area contributed by atoms with E-state index >= 15 is 0 Å². The van der Waals surface area contributed by atoms with Crippen molar-refractivity contribution in [3.63, 3.8) is 0 Å². The van der Waals surface area contributed by atoms with E-state index in [1.807, 2.05) is 0 Å². The maximum atomic E-state index is 12.5. The molecule has 2 rings (SSSR count). The Morgan fingerprint density at radius 3 is 2.34 bits per heavy atom. The number of anilines is 1. The zero-order valence-corrected chi connectivity index (χ0v) is 16.6. The fraction of sp³-hybridized carbons (Fsp3) is 0.286. The first-order valence-electron chi connectivity index (χ1n) is 8.98. The predicted molar refractivity (Wildman–Crippen MR) is 107 cm³/mol. The van der Waals surface area contributed by atoms with Crippen molar-refractivity contribution in [1.29, 1.82) is 0 Å². The summed E-state index contributed by atoms with van der Waals surface area (Å²) in [4.78, 5) is 37.0. The molecule has 0 fully saturated rings. The Hall–Kier alpha value is -3.39. The van der Waals surface area contributed by atoms with E-state index in [-0.39, 0.29) is 11.3 Å². The van der Waals surface area contributed by atoms with Crippen LogP contribution < -0.4 is 15.4 Å². The number of ether oxygens (including phenoxy) is 3. The topological polar surface area (TPSA) is 103 Å². The molecule has 1 atom stereocenters. The lowest BCUT2D eigenvalue weighted by molar-refractivity contribution is -0.129. The molecule has 0 unspecified atom stereocenters. The second-order valence-electron chi connectivity index (χ2n) is 6.06. The molecule has 2 aromatic carbocycles. The zero-order chi connectivity index (χ0) is 21.2. The van der Waals surface area contributed by atoms with Gasteiger partial charge in [0.2, 0.25) is 0 Å². The summed E-state index contributed by atoms with van der Waals surface area (Å²) in [5, 5.41) is 5.29. The number of para-hydroxylation sites is 1. The molecular formula is C21H24N2O6. The molecule has 29 heavy (non-hydrogen) atoms. The van der Waals surface area contributed by atoms with E-state index < -0.39 is 23.9 Å². The van der Waals surface area contributed by atoms with Gasteiger partial charge in [0.25, 0.3) is 11.8 Å². The van der Waals surface area contributed by atoms with Crippen LogP contribution in [0, 0.1) is 0 Å². The van der Waals surface area contributed by atoms with Crippen LogP contribution in [0.4, 0.5) is 5.69 Å². The van der Waals surface area contributed by atoms with E-state index in [1.54, 1.807) is 42.5 Å². The van der Waals surface area contributed by atoms with Gasteiger partial charge in [0.05, 0.1) is 25.0 Å². The average Bonchev–Trinajstić information content (AvgIpc) is 2.74. The second kappa shape index (κ2) is 10.8. The summed E-state index contributed by atoms with van der Waals surface area (Å²) in [5.74, 6) is -0.915. The highest BCUT2D eigenvalue weighted by Gasteiger charge is 2.21. The van der Waals surface area contributed by atoms with Gasteiger partial charge in [-0.15, -0.1) is 0 Å². The number of carbonyl (C=O) groups is 3. The average molecular weight is 400 g/mol. The van der Waals surface area contributed by atoms with Crippen molar-refractivity contribution in [3.8, 4) is 5.75 Å². The highest BCUT2D eigenvalue weighted by molar-refractivity contribution is 6.08. The Labute approximate surface area is 169 Å². The lowest BCUT2D eigenvalue weighted by atomic mass is 10.1. The third-order valence-electron chi connectivity index (χ3n) is 4.01. The molecule has 0 aliphatic rings. The first-order valence-corrected chi connectivity index (χ1v) is 8.98. The third kappa shape index (κ3) is 6.32. The quantitative estimate of drug-likeness (QED) is 0.494. The van der Waals surface area contributed by atoms with Crippen LogP contribution in [0.15, 0.2) is 48.5 Å². The Morgan fingerprint density at radius 2 is 1.69 bits per heavy atom. The minimum atomic E-state index is -0.996. The smallest absolute Gasteiger partial charge is 0.341 e. The van der Waals surface area contributed by atoms with Crippen molar-refractivity contribution in [2.45, 2.75) is 13.0 Å². The van der Waals surface area contributed by atoms with Gasteiger partial charge in [-0.05, 0) is 43.3 Å². The molecule has 2 amide bonds. The Bertz CT molecular complexity index is 851. The first kappa shape index (κ1) is 21.9. The van der Waals surface area contributed by atoms with Crippen molar-refractivity contribution in [1.82, 2.24) is 5.32 Å². The van der Waals surface area contributed by atoms with Gasteiger partial charge in [-0.25, -0.2) is 4.79 Å². The van der Waals surface area contributed by atoms with Crippen molar-refractivity contribution in [3.05, 3.63) is 59.7 Å². The van der Waals surface area contributed by atoms with E-state index in [9.17, 15) is 14.4 Å². The molecule has 8 nitrogen and oxygen atoms in total. The summed E-state index contributed by atoms with van der Waals surface area (Å²) >= 11 is 0. The molecule has 0 heterocycles. The number of hydrogen-bond acceptors (Lipinski definition) is 6. The van der Waals surface area contributed by atoms with Gasteiger partial charge in [0.1, 0.15) is 5.75 Å². The monoisotopic (exact) mass is 400 g/mol. The Balaban J connectivity index is 2.05. The molecule has 0 spiro atoms. The number of carbonyl (C=O) groups excluding carboxylic acids is 3. The van der Waals surface area contributed by atoms with Gasteiger partial charge in [0, 0.05) is 19.2 Å². The highest BCUT2D eigenvalue weighted by atomic mass is 16.5. The van der Waals surface area contributed by atoms with Crippen LogP contribution in [-0.2, 0) is 14.3 Å². The summed E-state index contributed by atoms with van der Waals surface area (Å²) < 4.78 is 15.2. The van der Waals surface area contributed by atoms with Crippen LogP contribution in [0.1, 0.15) is 27.6 Å². The van der Waals surface area contributed by atoms with E-state index in [1.165, 1.54) is 27.2 Å². The fourth-order valence-corrected chi connectivity index (χ4v) is 2.40. The summed E-state index contributed by atoms with van der Waals surface area (Å²) in [6.45, 7) is 2.14. The minimum absolute atomic E-state index is 0.144. The zero-order valence-electron chi connectivity index (χ0n) is 16.6. The van der Waals surface area contributed by atoms with Crippen molar-refractivity contribution in [2.24, 2.45) is 0 Å². The highest BCUT2D eigenvalue weighted by Crippen LogP contribution is 2.19. The minimum Gasteiger partial charge on any atom is -0.497 e. The van der Waals surface area contributed by atoms with Crippen LogP contribution in [0.25, 0.3) is 0 Å². The Morgan fingerprint density at radius 1 is 1.00 bits per heavy atom. The van der Waals surface area contributed by atoms with Gasteiger partial charge in [0.15, 0.2) is 6.10 Å². The fourth-order valence-electron chi connectivity index (χ4n) is 2.40. The number of rotatable bonds is 9. The van der Waals surface area contributed by atoms with Crippen LogP contribution in [-0.4, -0.2) is 51.3 Å². The van der Waals surface area contributed by atoms with Crippen molar-refractivity contribution in [2.75, 3.05) is 32.7 Å². The normalized spacial score (nSPS) is 11.3. The molecular weight excluding hydrogens is 376 g/mol. The van der Waals surface area contributed by atoms with Gasteiger partial charge < -0.3 is 24.8 Å². The van der Waals surface area contributed by atoms with Gasteiger partial charge >= 0.3 is 5.97 Å². The van der Waals surface area contributed by atoms with E-state index in [2.05, 4.69) is 10.6 Å². The van der Waals surface area contributed by atoms with E-state index in [0.29, 0.717) is 24.5 Å². The van der Waals surface area contributed by atoms with Gasteiger partial charge in [-0.1, -0.05) is 12.1 Å². The van der Waals surface area contributed by atoms with Crippen LogP contribution >= 0.6 is 0 Å². The molecule has 0 aliphatic heterocycles. The summed E-state index contributed by atoms with van der Waals surface area (Å²) in [7, 11) is 3.06. The van der Waals surface area contributed by atoms with Crippen LogP contribution in [0.3, 0.4) is 0 Å². The van der Waals surface area contributed by atoms with Gasteiger partial charge in [-0.3, -0.25) is 9.59 Å². The maximum absolute atomic E-state index is 12.5. The number of methoxy groups -OCH3 is 2. The number of amides is 2.